The van der Waals surface area contributed by atoms with Crippen molar-refractivity contribution in [3.8, 4) is 11.4 Å². The number of benzene rings is 3. The molecule has 2 N–H and O–H groups in total. The molecule has 2 heterocycles. The third-order valence-corrected chi connectivity index (χ3v) is 6.30. The van der Waals surface area contributed by atoms with Crippen LogP contribution in [-0.4, -0.2) is 33.7 Å². The van der Waals surface area contributed by atoms with Crippen molar-refractivity contribution in [3.63, 3.8) is 0 Å². The molecule has 0 radical (unpaired) electrons. The fraction of sp³-hybridized carbons (Fsp3) is 0.138. The Bertz CT molecular complexity index is 1600. The molecule has 0 aliphatic carbocycles. The van der Waals surface area contributed by atoms with Crippen LogP contribution in [0.5, 0.6) is 5.75 Å². The van der Waals surface area contributed by atoms with Crippen molar-refractivity contribution in [2.45, 2.75) is 19.9 Å². The van der Waals surface area contributed by atoms with Gasteiger partial charge in [-0.15, -0.1) is 0 Å². The van der Waals surface area contributed by atoms with E-state index in [1.807, 2.05) is 31.2 Å². The summed E-state index contributed by atoms with van der Waals surface area (Å²) >= 11 is 0. The second-order valence-corrected chi connectivity index (χ2v) is 9.01. The molecule has 0 unspecified atom stereocenters. The van der Waals surface area contributed by atoms with Gasteiger partial charge in [-0.25, -0.2) is 13.9 Å². The van der Waals surface area contributed by atoms with E-state index >= 15 is 0 Å². The highest BCUT2D eigenvalue weighted by atomic mass is 19.1. The first-order valence-corrected chi connectivity index (χ1v) is 12.0. The minimum absolute atomic E-state index is 0.000917. The molecule has 1 aromatic heterocycles. The first-order chi connectivity index (χ1) is 18.3. The van der Waals surface area contributed by atoms with E-state index in [-0.39, 0.29) is 30.0 Å². The standard InChI is InChI=1S/C29H25FN4O4/c1-18-4-3-5-20(14-18)17-33-28(36)26(31-29(33)37)16-24-25(15-19-6-8-21(30)9-7-19)32-34(27(24)35)22-10-12-23(38-2)13-11-22/h3-14,16,32H,15,17H2,1-2H3,(H,31,37). The zero-order valence-electron chi connectivity index (χ0n) is 20.8. The Kier molecular flexibility index (Phi) is 6.66. The van der Waals surface area contributed by atoms with Crippen LogP contribution in [0.15, 0.2) is 83.3 Å². The molecule has 192 valence electrons. The number of aromatic nitrogens is 2. The number of aryl methyl sites for hydroxylation is 1. The number of methoxy groups -OCH3 is 1. The summed E-state index contributed by atoms with van der Waals surface area (Å²) < 4.78 is 20.0. The number of H-pyrrole nitrogens is 1. The molecular formula is C29H25FN4O4. The van der Waals surface area contributed by atoms with Crippen LogP contribution in [-0.2, 0) is 17.8 Å². The van der Waals surface area contributed by atoms with Crippen LogP contribution in [0.25, 0.3) is 11.8 Å². The summed E-state index contributed by atoms with van der Waals surface area (Å²) in [6, 6.07) is 19.8. The van der Waals surface area contributed by atoms with Gasteiger partial charge in [-0.3, -0.25) is 19.6 Å². The number of aromatic amines is 1. The molecule has 1 saturated heterocycles. The smallest absolute Gasteiger partial charge is 0.329 e. The maximum Gasteiger partial charge on any atom is 0.329 e. The van der Waals surface area contributed by atoms with Crippen LogP contribution in [0.1, 0.15) is 27.9 Å². The lowest BCUT2D eigenvalue weighted by molar-refractivity contribution is -0.123. The van der Waals surface area contributed by atoms with E-state index in [1.165, 1.54) is 22.9 Å². The highest BCUT2D eigenvalue weighted by Crippen LogP contribution is 2.21. The van der Waals surface area contributed by atoms with Crippen molar-refractivity contribution >= 4 is 18.0 Å². The molecule has 9 heteroatoms. The molecule has 1 aliphatic heterocycles. The number of ether oxygens (including phenoxy) is 1. The third kappa shape index (κ3) is 4.99. The van der Waals surface area contributed by atoms with E-state index in [1.54, 1.807) is 43.5 Å². The number of amides is 3. The Labute approximate surface area is 218 Å². The van der Waals surface area contributed by atoms with E-state index < -0.39 is 17.5 Å². The van der Waals surface area contributed by atoms with Crippen molar-refractivity contribution in [3.05, 3.63) is 123 Å². The van der Waals surface area contributed by atoms with Gasteiger partial charge in [0.05, 0.1) is 24.9 Å². The van der Waals surface area contributed by atoms with Crippen LogP contribution < -0.4 is 15.6 Å². The van der Waals surface area contributed by atoms with Crippen LogP contribution >= 0.6 is 0 Å². The van der Waals surface area contributed by atoms with Gasteiger partial charge in [0.1, 0.15) is 17.3 Å². The van der Waals surface area contributed by atoms with Gasteiger partial charge in [-0.1, -0.05) is 42.0 Å². The highest BCUT2D eigenvalue weighted by Gasteiger charge is 2.34. The Morgan fingerprint density at radius 1 is 0.947 bits per heavy atom. The lowest BCUT2D eigenvalue weighted by Gasteiger charge is -2.12. The molecule has 1 aliphatic rings. The minimum Gasteiger partial charge on any atom is -0.497 e. The summed E-state index contributed by atoms with van der Waals surface area (Å²) in [7, 11) is 1.55. The topological polar surface area (TPSA) is 96.4 Å². The molecule has 5 rings (SSSR count). The average Bonchev–Trinajstić information content (AvgIpc) is 3.36. The van der Waals surface area contributed by atoms with Crippen LogP contribution in [0.3, 0.4) is 0 Å². The van der Waals surface area contributed by atoms with Crippen LogP contribution in [0.4, 0.5) is 9.18 Å². The summed E-state index contributed by atoms with van der Waals surface area (Å²) in [6.07, 6.45) is 1.67. The SMILES string of the molecule is COc1ccc(-n2[nH]c(Cc3ccc(F)cc3)c(C=C3NC(=O)N(Cc4cccc(C)c4)C3=O)c2=O)cc1. The van der Waals surface area contributed by atoms with Crippen molar-refractivity contribution in [2.24, 2.45) is 0 Å². The minimum atomic E-state index is -0.561. The first-order valence-electron chi connectivity index (χ1n) is 12.0. The molecule has 0 saturated carbocycles. The summed E-state index contributed by atoms with van der Waals surface area (Å²) in [6.45, 7) is 2.04. The second-order valence-electron chi connectivity index (χ2n) is 9.01. The monoisotopic (exact) mass is 512 g/mol. The Hall–Kier alpha value is -4.92. The van der Waals surface area contributed by atoms with Gasteiger partial charge in [0.2, 0.25) is 0 Å². The number of imide groups is 1. The Balaban J connectivity index is 1.52. The molecule has 0 atom stereocenters. The van der Waals surface area contributed by atoms with Gasteiger partial charge >= 0.3 is 6.03 Å². The largest absolute Gasteiger partial charge is 0.497 e. The highest BCUT2D eigenvalue weighted by molar-refractivity contribution is 6.13. The lowest BCUT2D eigenvalue weighted by Crippen LogP contribution is -2.30. The predicted octanol–water partition coefficient (Wildman–Crippen LogP) is 4.31. The van der Waals surface area contributed by atoms with E-state index in [9.17, 15) is 18.8 Å². The number of hydrogen-bond donors (Lipinski definition) is 2. The molecule has 1 fully saturated rings. The summed E-state index contributed by atoms with van der Waals surface area (Å²) in [5.74, 6) is -0.260. The molecule has 8 nitrogen and oxygen atoms in total. The molecule has 38 heavy (non-hydrogen) atoms. The summed E-state index contributed by atoms with van der Waals surface area (Å²) in [5, 5.41) is 5.71. The third-order valence-electron chi connectivity index (χ3n) is 6.30. The van der Waals surface area contributed by atoms with E-state index in [0.29, 0.717) is 17.1 Å². The number of urea groups is 1. The summed E-state index contributed by atoms with van der Waals surface area (Å²) in [5.41, 5.74) is 3.47. The molecule has 0 spiro atoms. The maximum atomic E-state index is 13.5. The molecular weight excluding hydrogens is 487 g/mol. The van der Waals surface area contributed by atoms with Gasteiger partial charge in [-0.2, -0.15) is 0 Å². The Morgan fingerprint density at radius 2 is 1.68 bits per heavy atom. The Morgan fingerprint density at radius 3 is 2.37 bits per heavy atom. The number of carbonyl (C=O) groups is 2. The first kappa shape index (κ1) is 24.8. The van der Waals surface area contributed by atoms with Crippen molar-refractivity contribution in [2.75, 3.05) is 7.11 Å². The van der Waals surface area contributed by atoms with Crippen LogP contribution in [0, 0.1) is 12.7 Å². The number of nitrogens with one attached hydrogen (secondary N) is 2. The quantitative estimate of drug-likeness (QED) is 0.285. The van der Waals surface area contributed by atoms with E-state index in [2.05, 4.69) is 10.4 Å². The molecule has 3 amide bonds. The fourth-order valence-electron chi connectivity index (χ4n) is 4.35. The van der Waals surface area contributed by atoms with Crippen molar-refractivity contribution in [1.82, 2.24) is 20.0 Å². The normalized spacial score (nSPS) is 14.3. The molecule has 4 aromatic rings. The van der Waals surface area contributed by atoms with Gasteiger partial charge < -0.3 is 10.1 Å². The zero-order chi connectivity index (χ0) is 26.8. The molecule has 3 aromatic carbocycles. The van der Waals surface area contributed by atoms with Crippen molar-refractivity contribution < 1.29 is 18.7 Å². The predicted molar refractivity (Wildman–Crippen MR) is 140 cm³/mol. The maximum absolute atomic E-state index is 13.5. The van der Waals surface area contributed by atoms with Gasteiger partial charge in [-0.05, 0) is 60.5 Å². The zero-order valence-corrected chi connectivity index (χ0v) is 20.8. The average molecular weight is 513 g/mol. The van der Waals surface area contributed by atoms with E-state index in [0.717, 1.165) is 21.6 Å². The van der Waals surface area contributed by atoms with E-state index in [4.69, 9.17) is 4.74 Å². The lowest BCUT2D eigenvalue weighted by atomic mass is 10.1. The van der Waals surface area contributed by atoms with Gasteiger partial charge in [0.15, 0.2) is 0 Å². The second kappa shape index (κ2) is 10.2. The number of carbonyl (C=O) groups excluding carboxylic acids is 2. The number of halogens is 1. The van der Waals surface area contributed by atoms with Gasteiger partial charge in [0.25, 0.3) is 11.5 Å². The fourth-order valence-corrected chi connectivity index (χ4v) is 4.35. The van der Waals surface area contributed by atoms with Gasteiger partial charge in [0, 0.05) is 12.1 Å². The molecule has 0 bridgehead atoms. The number of nitrogens with zero attached hydrogens (tertiary/aromatic N) is 2. The number of rotatable bonds is 7. The van der Waals surface area contributed by atoms with Crippen molar-refractivity contribution in [1.29, 1.82) is 0 Å². The number of hydrogen-bond acceptors (Lipinski definition) is 4. The summed E-state index contributed by atoms with van der Waals surface area (Å²) in [4.78, 5) is 40.5. The van der Waals surface area contributed by atoms with Crippen LogP contribution in [0.2, 0.25) is 0 Å².